The number of hydrogen-bond acceptors (Lipinski definition) is 4. The van der Waals surface area contributed by atoms with Crippen LogP contribution in [0.5, 0.6) is 11.5 Å². The highest BCUT2D eigenvalue weighted by Crippen LogP contribution is 2.38. The van der Waals surface area contributed by atoms with Crippen LogP contribution >= 0.6 is 11.3 Å². The lowest BCUT2D eigenvalue weighted by Crippen LogP contribution is -2.32. The number of carbonyl (C=O) groups is 1. The fourth-order valence-corrected chi connectivity index (χ4v) is 4.31. The Morgan fingerprint density at radius 3 is 2.78 bits per heavy atom. The summed E-state index contributed by atoms with van der Waals surface area (Å²) in [6.45, 7) is 0.223. The molecule has 2 aliphatic rings. The van der Waals surface area contributed by atoms with E-state index >= 15 is 0 Å². The van der Waals surface area contributed by atoms with Crippen LogP contribution in [0.4, 0.5) is 0 Å². The molecule has 1 atom stereocenters. The average Bonchev–Trinajstić information content (AvgIpc) is 3.34. The topological polar surface area (TPSA) is 47.6 Å². The maximum atomic E-state index is 12.7. The quantitative estimate of drug-likeness (QED) is 0.917. The minimum absolute atomic E-state index is 0.0476. The molecule has 1 saturated carbocycles. The fourth-order valence-electron chi connectivity index (χ4n) is 3.44. The third-order valence-corrected chi connectivity index (χ3v) is 5.60. The highest BCUT2D eigenvalue weighted by atomic mass is 32.1. The molecule has 4 nitrogen and oxygen atoms in total. The molecule has 23 heavy (non-hydrogen) atoms. The van der Waals surface area contributed by atoms with Gasteiger partial charge in [-0.2, -0.15) is 0 Å². The van der Waals surface area contributed by atoms with Crippen LogP contribution < -0.4 is 14.8 Å². The number of amides is 1. The minimum Gasteiger partial charge on any atom is -0.454 e. The molecule has 2 aromatic rings. The van der Waals surface area contributed by atoms with Gasteiger partial charge in [-0.3, -0.25) is 4.79 Å². The summed E-state index contributed by atoms with van der Waals surface area (Å²) < 4.78 is 10.7. The van der Waals surface area contributed by atoms with Gasteiger partial charge in [-0.05, 0) is 48.4 Å². The highest BCUT2D eigenvalue weighted by Gasteiger charge is 2.29. The van der Waals surface area contributed by atoms with Crippen molar-refractivity contribution in [3.63, 3.8) is 0 Å². The van der Waals surface area contributed by atoms with Crippen molar-refractivity contribution in [1.82, 2.24) is 5.32 Å². The number of benzene rings is 1. The van der Waals surface area contributed by atoms with Gasteiger partial charge in [-0.1, -0.05) is 18.9 Å². The van der Waals surface area contributed by atoms with Crippen molar-refractivity contribution in [2.75, 3.05) is 6.79 Å². The predicted octanol–water partition coefficient (Wildman–Crippen LogP) is 4.14. The number of carbonyl (C=O) groups excluding carboxylic acids is 1. The van der Waals surface area contributed by atoms with Crippen LogP contribution in [0.2, 0.25) is 0 Å². The smallest absolute Gasteiger partial charge is 0.251 e. The standard InChI is InChI=1S/C18H19NO3S/c20-18(13-7-8-14-15(10-13)22-11-21-14)19-17(12-4-1-2-5-12)16-6-3-9-23-16/h3,6-10,12,17H,1-2,4-5,11H2,(H,19,20). The Morgan fingerprint density at radius 1 is 1.17 bits per heavy atom. The van der Waals surface area contributed by atoms with Gasteiger partial charge in [0.15, 0.2) is 11.5 Å². The van der Waals surface area contributed by atoms with Gasteiger partial charge in [0.1, 0.15) is 0 Å². The zero-order chi connectivity index (χ0) is 15.6. The number of ether oxygens (including phenoxy) is 2. The van der Waals surface area contributed by atoms with Crippen LogP contribution in [-0.4, -0.2) is 12.7 Å². The van der Waals surface area contributed by atoms with Crippen LogP contribution in [0.25, 0.3) is 0 Å². The first-order valence-electron chi connectivity index (χ1n) is 8.05. The molecule has 1 N–H and O–H groups in total. The number of hydrogen-bond donors (Lipinski definition) is 1. The fraction of sp³-hybridized carbons (Fsp3) is 0.389. The van der Waals surface area contributed by atoms with Gasteiger partial charge in [-0.15, -0.1) is 11.3 Å². The zero-order valence-electron chi connectivity index (χ0n) is 12.8. The van der Waals surface area contributed by atoms with Crippen LogP contribution in [0, 0.1) is 5.92 Å². The van der Waals surface area contributed by atoms with E-state index in [1.807, 2.05) is 0 Å². The normalized spacial score (nSPS) is 18.1. The Balaban J connectivity index is 1.55. The molecule has 4 rings (SSSR count). The lowest BCUT2D eigenvalue weighted by atomic mass is 9.96. The zero-order valence-corrected chi connectivity index (χ0v) is 13.6. The van der Waals surface area contributed by atoms with Crippen molar-refractivity contribution in [2.24, 2.45) is 5.92 Å². The van der Waals surface area contributed by atoms with Crippen LogP contribution in [0.15, 0.2) is 35.7 Å². The van der Waals surface area contributed by atoms with Gasteiger partial charge >= 0.3 is 0 Å². The molecule has 0 bridgehead atoms. The molecule has 1 aromatic heterocycles. The first-order chi connectivity index (χ1) is 11.3. The molecular weight excluding hydrogens is 310 g/mol. The van der Waals surface area contributed by atoms with Crippen molar-refractivity contribution in [3.8, 4) is 11.5 Å². The maximum absolute atomic E-state index is 12.7. The summed E-state index contributed by atoms with van der Waals surface area (Å²) in [4.78, 5) is 13.9. The lowest BCUT2D eigenvalue weighted by molar-refractivity contribution is 0.0922. The summed E-state index contributed by atoms with van der Waals surface area (Å²) in [5.41, 5.74) is 0.619. The molecule has 0 saturated heterocycles. The number of nitrogens with one attached hydrogen (secondary N) is 1. The Labute approximate surface area is 139 Å². The molecule has 2 heterocycles. The second kappa shape index (κ2) is 6.24. The van der Waals surface area contributed by atoms with Crippen molar-refractivity contribution in [3.05, 3.63) is 46.2 Å². The second-order valence-corrected chi connectivity index (χ2v) is 7.06. The molecule has 1 aromatic carbocycles. The number of thiophene rings is 1. The van der Waals surface area contributed by atoms with Gasteiger partial charge in [0, 0.05) is 10.4 Å². The summed E-state index contributed by atoms with van der Waals surface area (Å²) in [6, 6.07) is 9.63. The largest absolute Gasteiger partial charge is 0.454 e. The third-order valence-electron chi connectivity index (χ3n) is 4.64. The Bertz CT molecular complexity index is 692. The molecule has 5 heteroatoms. The monoisotopic (exact) mass is 329 g/mol. The molecule has 1 fully saturated rings. The van der Waals surface area contributed by atoms with E-state index in [-0.39, 0.29) is 18.7 Å². The third kappa shape index (κ3) is 2.93. The summed E-state index contributed by atoms with van der Waals surface area (Å²) in [7, 11) is 0. The first-order valence-corrected chi connectivity index (χ1v) is 8.93. The number of rotatable bonds is 4. The number of fused-ring (bicyclic) bond motifs is 1. The van der Waals surface area contributed by atoms with Crippen molar-refractivity contribution in [2.45, 2.75) is 31.7 Å². The Morgan fingerprint density at radius 2 is 2.00 bits per heavy atom. The van der Waals surface area contributed by atoms with E-state index in [2.05, 4.69) is 22.8 Å². The van der Waals surface area contributed by atoms with Crippen LogP contribution in [0.1, 0.15) is 47.0 Å². The average molecular weight is 329 g/mol. The van der Waals surface area contributed by atoms with E-state index in [1.54, 1.807) is 29.5 Å². The van der Waals surface area contributed by atoms with Crippen molar-refractivity contribution < 1.29 is 14.3 Å². The van der Waals surface area contributed by atoms with Gasteiger partial charge in [-0.25, -0.2) is 0 Å². The molecule has 120 valence electrons. The SMILES string of the molecule is O=C(NC(c1cccs1)C1CCCC1)c1ccc2c(c1)OCO2. The molecular formula is C18H19NO3S. The van der Waals surface area contributed by atoms with E-state index in [4.69, 9.17) is 9.47 Å². The molecule has 1 aliphatic carbocycles. The van der Waals surface area contributed by atoms with Gasteiger partial charge in [0.05, 0.1) is 6.04 Å². The van der Waals surface area contributed by atoms with E-state index < -0.39 is 0 Å². The maximum Gasteiger partial charge on any atom is 0.251 e. The van der Waals surface area contributed by atoms with E-state index in [0.29, 0.717) is 23.0 Å². The Hall–Kier alpha value is -2.01. The van der Waals surface area contributed by atoms with Gasteiger partial charge in [0.2, 0.25) is 6.79 Å². The van der Waals surface area contributed by atoms with Gasteiger partial charge in [0.25, 0.3) is 5.91 Å². The van der Waals surface area contributed by atoms with Crippen molar-refractivity contribution in [1.29, 1.82) is 0 Å². The first kappa shape index (κ1) is 14.6. The van der Waals surface area contributed by atoms with E-state index in [9.17, 15) is 4.79 Å². The molecule has 1 amide bonds. The second-order valence-electron chi connectivity index (χ2n) is 6.08. The van der Waals surface area contributed by atoms with Crippen molar-refractivity contribution >= 4 is 17.2 Å². The van der Waals surface area contributed by atoms with Gasteiger partial charge < -0.3 is 14.8 Å². The van der Waals surface area contributed by atoms with Crippen LogP contribution in [-0.2, 0) is 0 Å². The highest BCUT2D eigenvalue weighted by molar-refractivity contribution is 7.10. The van der Waals surface area contributed by atoms with E-state index in [0.717, 1.165) is 0 Å². The summed E-state index contributed by atoms with van der Waals surface area (Å²) >= 11 is 1.72. The predicted molar refractivity (Wildman–Crippen MR) is 89.0 cm³/mol. The van der Waals surface area contributed by atoms with E-state index in [1.165, 1.54) is 30.6 Å². The lowest BCUT2D eigenvalue weighted by Gasteiger charge is -2.24. The van der Waals surface area contributed by atoms with Crippen LogP contribution in [0.3, 0.4) is 0 Å². The summed E-state index contributed by atoms with van der Waals surface area (Å²) in [6.07, 6.45) is 4.88. The molecule has 1 unspecified atom stereocenters. The summed E-state index contributed by atoms with van der Waals surface area (Å²) in [5, 5.41) is 5.32. The Kier molecular flexibility index (Phi) is 3.95. The molecule has 0 radical (unpaired) electrons. The molecule has 1 aliphatic heterocycles. The summed E-state index contributed by atoms with van der Waals surface area (Å²) in [5.74, 6) is 1.83. The minimum atomic E-state index is -0.0476. The molecule has 0 spiro atoms.